The van der Waals surface area contributed by atoms with Crippen LogP contribution in [0.1, 0.15) is 35.2 Å². The minimum absolute atomic E-state index is 0.0270. The zero-order valence-corrected chi connectivity index (χ0v) is 13.8. The number of amides is 2. The van der Waals surface area contributed by atoms with Crippen LogP contribution in [0, 0.1) is 0 Å². The van der Waals surface area contributed by atoms with Crippen molar-refractivity contribution >= 4 is 29.3 Å². The van der Waals surface area contributed by atoms with Crippen LogP contribution in [0.15, 0.2) is 18.2 Å². The number of hydrogen-bond donors (Lipinski definition) is 1. The topological polar surface area (TPSA) is 92.8 Å². The lowest BCUT2D eigenvalue weighted by atomic mass is 9.97. The number of carbonyl (C=O) groups is 4. The summed E-state index contributed by atoms with van der Waals surface area (Å²) in [6, 6.07) is 5.12. The number of likely N-dealkylation sites (N-methyl/N-ethyl adjacent to an activating group) is 1. The van der Waals surface area contributed by atoms with E-state index in [-0.39, 0.29) is 37.0 Å². The molecule has 1 N–H and O–H groups in total. The first kappa shape index (κ1) is 17.7. The molecule has 0 spiro atoms. The van der Waals surface area contributed by atoms with Gasteiger partial charge in [-0.15, -0.1) is 0 Å². The Morgan fingerprint density at radius 2 is 1.96 bits per heavy atom. The van der Waals surface area contributed by atoms with Gasteiger partial charge in [-0.05, 0) is 30.2 Å². The first-order chi connectivity index (χ1) is 11.4. The van der Waals surface area contributed by atoms with Crippen molar-refractivity contribution in [2.45, 2.75) is 25.7 Å². The van der Waals surface area contributed by atoms with E-state index in [9.17, 15) is 19.2 Å². The fraction of sp³-hybridized carbons (Fsp3) is 0.412. The van der Waals surface area contributed by atoms with Crippen LogP contribution in [-0.4, -0.2) is 49.2 Å². The molecule has 0 atom stereocenters. The molecule has 128 valence electrons. The molecule has 0 fully saturated rings. The van der Waals surface area contributed by atoms with Gasteiger partial charge in [-0.3, -0.25) is 19.2 Å². The van der Waals surface area contributed by atoms with Crippen LogP contribution >= 0.6 is 0 Å². The number of hydrogen-bond acceptors (Lipinski definition) is 5. The molecule has 0 bridgehead atoms. The zero-order chi connectivity index (χ0) is 17.7. The highest BCUT2D eigenvalue weighted by Gasteiger charge is 2.18. The third kappa shape index (κ3) is 4.41. The predicted octanol–water partition coefficient (Wildman–Crippen LogP) is 1.17. The highest BCUT2D eigenvalue weighted by molar-refractivity contribution is 6.00. The number of benzene rings is 1. The molecule has 0 aliphatic carbocycles. The molecule has 1 aliphatic rings. The van der Waals surface area contributed by atoms with Gasteiger partial charge in [0.25, 0.3) is 0 Å². The van der Waals surface area contributed by atoms with E-state index in [0.717, 1.165) is 11.3 Å². The maximum atomic E-state index is 12.3. The van der Waals surface area contributed by atoms with Gasteiger partial charge in [-0.25, -0.2) is 0 Å². The third-order valence-electron chi connectivity index (χ3n) is 3.91. The molecule has 1 aromatic carbocycles. The van der Waals surface area contributed by atoms with Crippen molar-refractivity contribution in [2.24, 2.45) is 0 Å². The summed E-state index contributed by atoms with van der Waals surface area (Å²) >= 11 is 0. The van der Waals surface area contributed by atoms with Crippen LogP contribution in [0.3, 0.4) is 0 Å². The predicted molar refractivity (Wildman–Crippen MR) is 86.6 cm³/mol. The number of ketones is 1. The smallest absolute Gasteiger partial charge is 0.325 e. The summed E-state index contributed by atoms with van der Waals surface area (Å²) in [5.41, 5.74) is 2.18. The summed E-state index contributed by atoms with van der Waals surface area (Å²) in [7, 11) is 2.74. The molecule has 2 amide bonds. The summed E-state index contributed by atoms with van der Waals surface area (Å²) in [6.45, 7) is -0.137. The molecule has 0 unspecified atom stereocenters. The Labute approximate surface area is 140 Å². The first-order valence-electron chi connectivity index (χ1n) is 7.67. The second-order valence-electron chi connectivity index (χ2n) is 5.67. The lowest BCUT2D eigenvalue weighted by molar-refractivity contribution is -0.146. The van der Waals surface area contributed by atoms with Gasteiger partial charge >= 0.3 is 5.97 Å². The van der Waals surface area contributed by atoms with E-state index in [4.69, 9.17) is 0 Å². The monoisotopic (exact) mass is 332 g/mol. The van der Waals surface area contributed by atoms with E-state index < -0.39 is 5.97 Å². The Morgan fingerprint density at radius 3 is 2.67 bits per heavy atom. The molecule has 0 saturated heterocycles. The average Bonchev–Trinajstić information content (AvgIpc) is 2.58. The standard InChI is InChI=1S/C17H20N2O5/c1-19(10-17(23)24-2)16(22)8-6-14(20)12-3-5-13-11(9-12)4-7-15(21)18-13/h3,5,9H,4,6-8,10H2,1-2H3,(H,18,21). The maximum Gasteiger partial charge on any atom is 0.325 e. The highest BCUT2D eigenvalue weighted by atomic mass is 16.5. The van der Waals surface area contributed by atoms with Gasteiger partial charge in [-0.2, -0.15) is 0 Å². The fourth-order valence-electron chi connectivity index (χ4n) is 2.46. The van der Waals surface area contributed by atoms with Crippen LogP contribution in [0.4, 0.5) is 5.69 Å². The summed E-state index contributed by atoms with van der Waals surface area (Å²) < 4.78 is 4.50. The maximum absolute atomic E-state index is 12.3. The van der Waals surface area contributed by atoms with E-state index in [1.165, 1.54) is 19.1 Å². The van der Waals surface area contributed by atoms with Crippen molar-refractivity contribution in [1.29, 1.82) is 0 Å². The van der Waals surface area contributed by atoms with E-state index in [1.54, 1.807) is 18.2 Å². The van der Waals surface area contributed by atoms with Crippen LogP contribution < -0.4 is 5.32 Å². The SMILES string of the molecule is COC(=O)CN(C)C(=O)CCC(=O)c1ccc2c(c1)CCC(=O)N2. The molecule has 1 heterocycles. The number of anilines is 1. The van der Waals surface area contributed by atoms with E-state index >= 15 is 0 Å². The number of carbonyl (C=O) groups excluding carboxylic acids is 4. The van der Waals surface area contributed by atoms with Crippen molar-refractivity contribution in [1.82, 2.24) is 4.90 Å². The summed E-state index contributed by atoms with van der Waals surface area (Å²) in [5.74, 6) is -0.969. The number of methoxy groups -OCH3 is 1. The fourth-order valence-corrected chi connectivity index (χ4v) is 2.46. The van der Waals surface area contributed by atoms with Crippen molar-refractivity contribution in [3.63, 3.8) is 0 Å². The molecular formula is C17H20N2O5. The van der Waals surface area contributed by atoms with Crippen molar-refractivity contribution in [3.8, 4) is 0 Å². The summed E-state index contributed by atoms with van der Waals surface area (Å²) in [4.78, 5) is 47.9. The number of aryl methyl sites for hydroxylation is 1. The van der Waals surface area contributed by atoms with E-state index in [1.807, 2.05) is 0 Å². The second-order valence-corrected chi connectivity index (χ2v) is 5.67. The Balaban J connectivity index is 1.92. The molecule has 0 aromatic heterocycles. The van der Waals surface area contributed by atoms with Crippen LogP contribution in [0.25, 0.3) is 0 Å². The third-order valence-corrected chi connectivity index (χ3v) is 3.91. The molecule has 0 saturated carbocycles. The number of nitrogens with one attached hydrogen (secondary N) is 1. The largest absolute Gasteiger partial charge is 0.468 e. The molecule has 1 aliphatic heterocycles. The Kier molecular flexibility index (Phi) is 5.68. The number of esters is 1. The van der Waals surface area contributed by atoms with E-state index in [0.29, 0.717) is 18.4 Å². The number of Topliss-reactive ketones (excluding diaryl/α,β-unsaturated/α-hetero) is 1. The molecule has 24 heavy (non-hydrogen) atoms. The molecule has 1 aromatic rings. The van der Waals surface area contributed by atoms with Gasteiger partial charge < -0.3 is 15.0 Å². The van der Waals surface area contributed by atoms with Gasteiger partial charge in [0.05, 0.1) is 7.11 Å². The summed E-state index contributed by atoms with van der Waals surface area (Å²) in [6.07, 6.45) is 1.10. The lowest BCUT2D eigenvalue weighted by Gasteiger charge is -2.17. The van der Waals surface area contributed by atoms with Gasteiger partial charge in [0.15, 0.2) is 5.78 Å². The second kappa shape index (κ2) is 7.72. The molecule has 0 radical (unpaired) electrons. The molecule has 7 heteroatoms. The van der Waals surface area contributed by atoms with Crippen molar-refractivity contribution < 1.29 is 23.9 Å². The Morgan fingerprint density at radius 1 is 1.21 bits per heavy atom. The van der Waals surface area contributed by atoms with E-state index in [2.05, 4.69) is 10.1 Å². The number of fused-ring (bicyclic) bond motifs is 1. The van der Waals surface area contributed by atoms with Gasteiger partial charge in [0, 0.05) is 37.6 Å². The quantitative estimate of drug-likeness (QED) is 0.623. The van der Waals surface area contributed by atoms with Gasteiger partial charge in [-0.1, -0.05) is 0 Å². The highest BCUT2D eigenvalue weighted by Crippen LogP contribution is 2.24. The number of nitrogens with zero attached hydrogens (tertiary/aromatic N) is 1. The minimum Gasteiger partial charge on any atom is -0.468 e. The minimum atomic E-state index is -0.506. The Hall–Kier alpha value is -2.70. The molecule has 7 nitrogen and oxygen atoms in total. The van der Waals surface area contributed by atoms with Crippen LogP contribution in [-0.2, 0) is 25.5 Å². The molecular weight excluding hydrogens is 312 g/mol. The van der Waals surface area contributed by atoms with Gasteiger partial charge in [0.2, 0.25) is 11.8 Å². The van der Waals surface area contributed by atoms with Crippen molar-refractivity contribution in [3.05, 3.63) is 29.3 Å². The van der Waals surface area contributed by atoms with Crippen LogP contribution in [0.5, 0.6) is 0 Å². The Bertz CT molecular complexity index is 684. The zero-order valence-electron chi connectivity index (χ0n) is 13.8. The normalized spacial score (nSPS) is 12.8. The van der Waals surface area contributed by atoms with Crippen molar-refractivity contribution in [2.75, 3.05) is 26.0 Å². The number of rotatable bonds is 6. The number of ether oxygens (including phenoxy) is 1. The average molecular weight is 332 g/mol. The summed E-state index contributed by atoms with van der Waals surface area (Å²) in [5, 5.41) is 2.76. The first-order valence-corrected chi connectivity index (χ1v) is 7.67. The lowest BCUT2D eigenvalue weighted by Crippen LogP contribution is -2.32. The van der Waals surface area contributed by atoms with Crippen LogP contribution in [0.2, 0.25) is 0 Å². The van der Waals surface area contributed by atoms with Gasteiger partial charge in [0.1, 0.15) is 6.54 Å². The molecule has 2 rings (SSSR count).